The molecule has 0 bridgehead atoms. The summed E-state index contributed by atoms with van der Waals surface area (Å²) in [7, 11) is 9.86. The summed E-state index contributed by atoms with van der Waals surface area (Å²) in [6.45, 7) is 1.37. The van der Waals surface area contributed by atoms with E-state index in [1.807, 2.05) is 0 Å². The van der Waals surface area contributed by atoms with Crippen molar-refractivity contribution in [2.75, 3.05) is 58.8 Å². The van der Waals surface area contributed by atoms with Crippen molar-refractivity contribution in [2.45, 2.75) is 51.7 Å². The fraction of sp³-hybridized carbons (Fsp3) is 0.314. The first-order chi connectivity index (χ1) is 35.9. The number of aromatic nitrogens is 6. The van der Waals surface area contributed by atoms with Crippen LogP contribution in [0.25, 0.3) is 0 Å². The predicted molar refractivity (Wildman–Crippen MR) is 282 cm³/mol. The minimum Gasteiger partial charge on any atom is -0.493 e. The molecule has 2 fully saturated rings. The first kappa shape index (κ1) is 54.9. The van der Waals surface area contributed by atoms with E-state index >= 15 is 0 Å². The molecule has 24 heteroatoms. The number of nitrogens with zero attached hydrogens (tertiary/aromatic N) is 9. The number of rotatable bonds is 11. The Bertz CT molecular complexity index is 3140. The third kappa shape index (κ3) is 13.7. The van der Waals surface area contributed by atoms with Gasteiger partial charge in [-0.2, -0.15) is 0 Å². The first-order valence-electron chi connectivity index (χ1n) is 23.3. The second-order valence-corrected chi connectivity index (χ2v) is 18.8. The van der Waals surface area contributed by atoms with E-state index in [2.05, 4.69) is 40.5 Å². The number of nitrogens with one attached hydrogen (secondary N) is 2. The quantitative estimate of drug-likeness (QED) is 0.0924. The van der Waals surface area contributed by atoms with Gasteiger partial charge in [-0.15, -0.1) is 0 Å². The van der Waals surface area contributed by atoms with Gasteiger partial charge in [-0.1, -0.05) is 34.8 Å². The molecule has 6 aromatic rings. The third-order valence-electron chi connectivity index (χ3n) is 11.9. The second kappa shape index (κ2) is 24.4. The van der Waals surface area contributed by atoms with Crippen LogP contribution in [0, 0.1) is 11.8 Å². The van der Waals surface area contributed by atoms with Gasteiger partial charge in [0.1, 0.15) is 16.1 Å². The van der Waals surface area contributed by atoms with Crippen molar-refractivity contribution < 1.29 is 38.2 Å². The fourth-order valence-corrected chi connectivity index (χ4v) is 8.54. The van der Waals surface area contributed by atoms with Gasteiger partial charge in [0, 0.05) is 58.0 Å². The molecule has 6 N–H and O–H groups in total. The zero-order valence-corrected chi connectivity index (χ0v) is 44.1. The number of halogens is 3. The fourth-order valence-electron chi connectivity index (χ4n) is 7.77. The summed E-state index contributed by atoms with van der Waals surface area (Å²) in [5.74, 6) is 3.49. The van der Waals surface area contributed by atoms with Gasteiger partial charge in [0.15, 0.2) is 34.7 Å². The third-order valence-corrected chi connectivity index (χ3v) is 12.6. The van der Waals surface area contributed by atoms with Gasteiger partial charge in [-0.05, 0) is 80.3 Å². The van der Waals surface area contributed by atoms with Crippen molar-refractivity contribution in [3.63, 3.8) is 0 Å². The van der Waals surface area contributed by atoms with E-state index in [0.717, 1.165) is 25.7 Å². The van der Waals surface area contributed by atoms with Crippen LogP contribution in [0.15, 0.2) is 73.2 Å². The van der Waals surface area contributed by atoms with Gasteiger partial charge in [0.2, 0.25) is 5.91 Å². The van der Waals surface area contributed by atoms with E-state index in [9.17, 15) is 24.0 Å². The molecule has 9 heterocycles. The van der Waals surface area contributed by atoms with Crippen LogP contribution in [0.1, 0.15) is 79.5 Å². The second-order valence-electron chi connectivity index (χ2n) is 17.6. The van der Waals surface area contributed by atoms with Crippen molar-refractivity contribution in [1.29, 1.82) is 0 Å². The maximum absolute atomic E-state index is 12.5. The van der Waals surface area contributed by atoms with E-state index in [-0.39, 0.29) is 41.2 Å². The number of pyridine rings is 6. The average molecular weight is 1080 g/mol. The number of carbonyl (C=O) groups excluding carboxylic acids is 5. The van der Waals surface area contributed by atoms with Gasteiger partial charge >= 0.3 is 0 Å². The molecule has 2 saturated carbocycles. The number of hydrogen-bond donors (Lipinski definition) is 4. The first-order valence-corrected chi connectivity index (χ1v) is 24.5. The Labute approximate surface area is 447 Å². The summed E-state index contributed by atoms with van der Waals surface area (Å²) in [4.78, 5) is 88.3. The van der Waals surface area contributed by atoms with Crippen LogP contribution in [0.4, 0.5) is 28.8 Å². The van der Waals surface area contributed by atoms with E-state index < -0.39 is 0 Å². The summed E-state index contributed by atoms with van der Waals surface area (Å²) in [5, 5.41) is 7.34. The number of ether oxygens (including phenoxy) is 3. The number of Topliss-reactive ketones (excluding diaryl/α,β-unsaturated/α-hetero) is 1. The molecule has 0 radical (unpaired) electrons. The lowest BCUT2D eigenvalue weighted by Crippen LogP contribution is -2.18. The summed E-state index contributed by atoms with van der Waals surface area (Å²) >= 11 is 17.6. The molecule has 392 valence electrons. The molecule has 3 aliphatic heterocycles. The molecule has 75 heavy (non-hydrogen) atoms. The molecule has 11 rings (SSSR count). The van der Waals surface area contributed by atoms with E-state index in [1.54, 1.807) is 124 Å². The van der Waals surface area contributed by atoms with Gasteiger partial charge < -0.3 is 51.0 Å². The van der Waals surface area contributed by atoms with E-state index in [0.29, 0.717) is 127 Å². The topological polar surface area (TPSA) is 276 Å². The minimum absolute atomic E-state index is 0.0911. The maximum atomic E-state index is 12.5. The number of hydrogen-bond acceptors (Lipinski definition) is 17. The van der Waals surface area contributed by atoms with Crippen LogP contribution in [-0.2, 0) is 35.6 Å². The normalized spacial score (nSPS) is 14.5. The lowest BCUT2D eigenvalue weighted by Gasteiger charge is -2.13. The molecule has 0 unspecified atom stereocenters. The number of ketones is 1. The van der Waals surface area contributed by atoms with Crippen LogP contribution in [-0.4, -0.2) is 116 Å². The molecule has 6 aromatic heterocycles. The van der Waals surface area contributed by atoms with E-state index in [1.165, 1.54) is 6.07 Å². The Hall–Kier alpha value is -7.88. The largest absolute Gasteiger partial charge is 0.493 e. The summed E-state index contributed by atoms with van der Waals surface area (Å²) in [6, 6.07) is 15.5. The molecule has 2 aliphatic carbocycles. The molecule has 4 amide bonds. The smallest absolute Gasteiger partial charge is 0.257 e. The summed E-state index contributed by atoms with van der Waals surface area (Å²) < 4.78 is 15.4. The number of primary amides is 1. The lowest BCUT2D eigenvalue weighted by atomic mass is 10.1. The van der Waals surface area contributed by atoms with Crippen molar-refractivity contribution in [3.05, 3.63) is 128 Å². The minimum atomic E-state index is -0.130. The Morgan fingerprint density at radius 1 is 0.613 bits per heavy atom. The maximum Gasteiger partial charge on any atom is 0.257 e. The van der Waals surface area contributed by atoms with Crippen LogP contribution in [0.5, 0.6) is 17.2 Å². The molecular formula is C51H54Cl3N13O8. The predicted octanol–water partition coefficient (Wildman–Crippen LogP) is 7.33. The van der Waals surface area contributed by atoms with Crippen LogP contribution in [0.3, 0.4) is 0 Å². The van der Waals surface area contributed by atoms with Crippen LogP contribution < -0.4 is 36.3 Å². The van der Waals surface area contributed by atoms with Crippen LogP contribution >= 0.6 is 34.8 Å². The standard InChI is InChI=1S/C19H20N4O3.C14H13ClN4O2.C8H6Cl2N2O.C6H8N2O.C4H7NO/c1-23-10-14-17(19(23)25)13(22-18-16(26-2)4-3-7-20-18)8-12(21-14)9-15(24)11-5-6-11;1-19-7-9-12(14(19)20)8(6-11(15)17-9)18-13-10(21-2)4-3-5-16-13;1-12-3-5-7(8(12)13)4(9)2-6(10)11-5;1-9-5-3-2-4-8-6(5)7;5-4(6)3-1-2-3/h3-4,7-8,11H,5-6,9-10H2,1-2H3,(H,20,21,22);3-6H,7H2,1-2H3,(H,16,17,18);2H,3H2,1H3;2-4H,1H3,(H2,7,8);3H,1-2H2,(H2,5,6). The molecule has 0 aromatic carbocycles. The van der Waals surface area contributed by atoms with Gasteiger partial charge in [-0.25, -0.2) is 24.9 Å². The Morgan fingerprint density at radius 3 is 1.48 bits per heavy atom. The number of nitrogens with two attached hydrogens (primary N) is 2. The van der Waals surface area contributed by atoms with E-state index in [4.69, 9.17) is 60.5 Å². The Balaban J connectivity index is 0.000000149. The Kier molecular flexibility index (Phi) is 17.9. The summed E-state index contributed by atoms with van der Waals surface area (Å²) in [6.07, 6.45) is 9.20. The number of fused-ring (bicyclic) bond motifs is 3. The molecule has 21 nitrogen and oxygen atoms in total. The molecule has 0 spiro atoms. The van der Waals surface area contributed by atoms with Crippen LogP contribution in [0.2, 0.25) is 15.3 Å². The number of anilines is 5. The molecule has 5 aliphatic rings. The van der Waals surface area contributed by atoms with Crippen molar-refractivity contribution in [1.82, 2.24) is 44.6 Å². The average Bonchev–Trinajstić information content (AvgIpc) is 4.33. The van der Waals surface area contributed by atoms with Crippen molar-refractivity contribution in [3.8, 4) is 17.2 Å². The summed E-state index contributed by atoms with van der Waals surface area (Å²) in [5.41, 5.74) is 15.7. The highest BCUT2D eigenvalue weighted by Gasteiger charge is 2.34. The highest BCUT2D eigenvalue weighted by Crippen LogP contribution is 2.36. The van der Waals surface area contributed by atoms with Crippen molar-refractivity contribution >= 4 is 93.0 Å². The highest BCUT2D eigenvalue weighted by atomic mass is 35.5. The SMILES string of the molecule is CN1Cc2nc(Cl)cc(Cl)c2C1=O.COc1cccnc1N.COc1cccnc1Nc1cc(CC(=O)C2CC2)nc2c1C(=O)N(C)C2.COc1cccnc1Nc1cc(Cl)nc2c1C(=O)N(C)C2.NC(=O)C1CC1. The highest BCUT2D eigenvalue weighted by molar-refractivity contribution is 6.36. The number of carbonyl (C=O) groups is 5. The Morgan fingerprint density at radius 2 is 1.04 bits per heavy atom. The zero-order chi connectivity index (χ0) is 54.1. The van der Waals surface area contributed by atoms with Gasteiger partial charge in [0.25, 0.3) is 17.7 Å². The molecular weight excluding hydrogens is 1030 g/mol. The zero-order valence-electron chi connectivity index (χ0n) is 41.8. The van der Waals surface area contributed by atoms with Gasteiger partial charge in [0.05, 0.1) is 96.8 Å². The lowest BCUT2D eigenvalue weighted by molar-refractivity contribution is -0.120. The molecule has 0 saturated heterocycles. The van der Waals surface area contributed by atoms with Gasteiger partial charge in [-0.3, -0.25) is 29.0 Å². The number of nitrogen functional groups attached to an aromatic ring is 1. The number of amides is 4. The number of methoxy groups -OCH3 is 3. The molecule has 0 atom stereocenters. The van der Waals surface area contributed by atoms with Crippen molar-refractivity contribution in [2.24, 2.45) is 17.6 Å². The monoisotopic (exact) mass is 1080 g/mol.